The van der Waals surface area contributed by atoms with E-state index in [-0.39, 0.29) is 0 Å². The molecule has 3 aromatic rings. The summed E-state index contributed by atoms with van der Waals surface area (Å²) in [5, 5.41) is 0.656. The Labute approximate surface area is 121 Å². The number of imidazole rings is 1. The third-order valence-corrected chi connectivity index (χ3v) is 3.46. The molecule has 2 aromatic heterocycles. The second kappa shape index (κ2) is 5.15. The molecule has 0 aliphatic rings. The maximum Gasteiger partial charge on any atom is 0.139 e. The SMILES string of the molecule is COc1cccc(-c2nc3cc(Cl)ccn3c2CN)c1. The monoisotopic (exact) mass is 287 g/mol. The van der Waals surface area contributed by atoms with Gasteiger partial charge in [0, 0.05) is 29.4 Å². The number of nitrogens with two attached hydrogens (primary N) is 1. The summed E-state index contributed by atoms with van der Waals surface area (Å²) < 4.78 is 7.22. The molecule has 2 heterocycles. The molecule has 2 N–H and O–H groups in total. The summed E-state index contributed by atoms with van der Waals surface area (Å²) in [6.45, 7) is 0.398. The number of ether oxygens (including phenoxy) is 1. The molecule has 0 atom stereocenters. The minimum atomic E-state index is 0.398. The molecule has 0 saturated carbocycles. The van der Waals surface area contributed by atoms with E-state index < -0.39 is 0 Å². The quantitative estimate of drug-likeness (QED) is 0.805. The summed E-state index contributed by atoms with van der Waals surface area (Å²) in [6, 6.07) is 11.4. The van der Waals surface area contributed by atoms with E-state index in [0.717, 1.165) is 28.3 Å². The number of hydrogen-bond donors (Lipinski definition) is 1. The molecule has 0 saturated heterocycles. The van der Waals surface area contributed by atoms with Crippen LogP contribution in [0.15, 0.2) is 42.6 Å². The van der Waals surface area contributed by atoms with Crippen LogP contribution < -0.4 is 10.5 Å². The summed E-state index contributed by atoms with van der Waals surface area (Å²) in [4.78, 5) is 4.63. The molecule has 20 heavy (non-hydrogen) atoms. The zero-order valence-electron chi connectivity index (χ0n) is 11.0. The van der Waals surface area contributed by atoms with Crippen LogP contribution in [0, 0.1) is 0 Å². The fourth-order valence-corrected chi connectivity index (χ4v) is 2.42. The maximum atomic E-state index is 6.01. The molecule has 0 spiro atoms. The number of pyridine rings is 1. The number of rotatable bonds is 3. The Kier molecular flexibility index (Phi) is 3.34. The van der Waals surface area contributed by atoms with Crippen LogP contribution in [0.25, 0.3) is 16.9 Å². The fraction of sp³-hybridized carbons (Fsp3) is 0.133. The lowest BCUT2D eigenvalue weighted by Crippen LogP contribution is -2.02. The minimum Gasteiger partial charge on any atom is -0.497 e. The maximum absolute atomic E-state index is 6.01. The van der Waals surface area contributed by atoms with Crippen molar-refractivity contribution in [2.24, 2.45) is 5.73 Å². The predicted octanol–water partition coefficient (Wildman–Crippen LogP) is 3.12. The van der Waals surface area contributed by atoms with Crippen LogP contribution in [0.3, 0.4) is 0 Å². The van der Waals surface area contributed by atoms with Gasteiger partial charge < -0.3 is 14.9 Å². The van der Waals surface area contributed by atoms with Crippen LogP contribution in [0.2, 0.25) is 5.02 Å². The van der Waals surface area contributed by atoms with Gasteiger partial charge in [-0.2, -0.15) is 0 Å². The first kappa shape index (κ1) is 13.0. The van der Waals surface area contributed by atoms with Gasteiger partial charge in [-0.25, -0.2) is 4.98 Å². The molecule has 5 heteroatoms. The van der Waals surface area contributed by atoms with E-state index in [2.05, 4.69) is 4.98 Å². The van der Waals surface area contributed by atoms with Crippen LogP contribution in [-0.2, 0) is 6.54 Å². The highest BCUT2D eigenvalue weighted by Crippen LogP contribution is 2.28. The second-order valence-electron chi connectivity index (χ2n) is 4.42. The molecule has 0 fully saturated rings. The Hall–Kier alpha value is -2.04. The number of aromatic nitrogens is 2. The Morgan fingerprint density at radius 1 is 1.30 bits per heavy atom. The normalized spacial score (nSPS) is 10.9. The van der Waals surface area contributed by atoms with Gasteiger partial charge >= 0.3 is 0 Å². The van der Waals surface area contributed by atoms with Crippen molar-refractivity contribution in [2.45, 2.75) is 6.54 Å². The molecule has 0 bridgehead atoms. The van der Waals surface area contributed by atoms with Crippen molar-refractivity contribution in [3.8, 4) is 17.0 Å². The van der Waals surface area contributed by atoms with Crippen LogP contribution >= 0.6 is 11.6 Å². The van der Waals surface area contributed by atoms with E-state index in [0.29, 0.717) is 11.6 Å². The number of hydrogen-bond acceptors (Lipinski definition) is 3. The highest BCUT2D eigenvalue weighted by atomic mass is 35.5. The molecule has 0 aliphatic heterocycles. The Morgan fingerprint density at radius 3 is 2.90 bits per heavy atom. The van der Waals surface area contributed by atoms with Crippen molar-refractivity contribution in [1.82, 2.24) is 9.38 Å². The van der Waals surface area contributed by atoms with Gasteiger partial charge in [-0.1, -0.05) is 23.7 Å². The average molecular weight is 288 g/mol. The lowest BCUT2D eigenvalue weighted by atomic mass is 10.1. The summed E-state index contributed by atoms with van der Waals surface area (Å²) in [5.74, 6) is 0.792. The molecule has 0 amide bonds. The Morgan fingerprint density at radius 2 is 2.15 bits per heavy atom. The van der Waals surface area contributed by atoms with Crippen LogP contribution in [0.1, 0.15) is 5.69 Å². The summed E-state index contributed by atoms with van der Waals surface area (Å²) in [7, 11) is 1.65. The van der Waals surface area contributed by atoms with E-state index in [9.17, 15) is 0 Å². The van der Waals surface area contributed by atoms with Crippen molar-refractivity contribution in [3.05, 3.63) is 53.3 Å². The van der Waals surface area contributed by atoms with Crippen molar-refractivity contribution in [1.29, 1.82) is 0 Å². The van der Waals surface area contributed by atoms with Gasteiger partial charge in [0.2, 0.25) is 0 Å². The van der Waals surface area contributed by atoms with Gasteiger partial charge in [-0.3, -0.25) is 0 Å². The first-order valence-corrected chi connectivity index (χ1v) is 6.61. The number of halogens is 1. The molecule has 102 valence electrons. The Balaban J connectivity index is 2.24. The zero-order chi connectivity index (χ0) is 14.1. The first-order valence-electron chi connectivity index (χ1n) is 6.24. The molecular weight excluding hydrogens is 274 g/mol. The lowest BCUT2D eigenvalue weighted by Gasteiger charge is -2.04. The highest BCUT2D eigenvalue weighted by Gasteiger charge is 2.13. The van der Waals surface area contributed by atoms with Crippen molar-refractivity contribution in [3.63, 3.8) is 0 Å². The van der Waals surface area contributed by atoms with Crippen LogP contribution in [0.4, 0.5) is 0 Å². The van der Waals surface area contributed by atoms with Crippen LogP contribution in [0.5, 0.6) is 5.75 Å². The number of fused-ring (bicyclic) bond motifs is 1. The molecule has 0 unspecified atom stereocenters. The van der Waals surface area contributed by atoms with E-state index >= 15 is 0 Å². The Bertz CT molecular complexity index is 767. The van der Waals surface area contributed by atoms with E-state index in [4.69, 9.17) is 22.1 Å². The summed E-state index contributed by atoms with van der Waals surface area (Å²) >= 11 is 6.01. The highest BCUT2D eigenvalue weighted by molar-refractivity contribution is 6.30. The number of benzene rings is 1. The summed E-state index contributed by atoms with van der Waals surface area (Å²) in [5.41, 5.74) is 9.45. The summed E-state index contributed by atoms with van der Waals surface area (Å²) in [6.07, 6.45) is 1.89. The van der Waals surface area contributed by atoms with Crippen molar-refractivity contribution >= 4 is 17.2 Å². The molecule has 1 aromatic carbocycles. The minimum absolute atomic E-state index is 0.398. The fourth-order valence-electron chi connectivity index (χ4n) is 2.27. The van der Waals surface area contributed by atoms with Gasteiger partial charge in [0.1, 0.15) is 11.4 Å². The molecule has 3 rings (SSSR count). The van der Waals surface area contributed by atoms with E-state index in [1.165, 1.54) is 0 Å². The molecular formula is C15H14ClN3O. The van der Waals surface area contributed by atoms with Gasteiger partial charge in [0.05, 0.1) is 18.5 Å². The van der Waals surface area contributed by atoms with Crippen molar-refractivity contribution < 1.29 is 4.74 Å². The molecule has 0 radical (unpaired) electrons. The first-order chi connectivity index (χ1) is 9.72. The number of methoxy groups -OCH3 is 1. The third-order valence-electron chi connectivity index (χ3n) is 3.22. The van der Waals surface area contributed by atoms with Gasteiger partial charge in [-0.05, 0) is 18.2 Å². The number of nitrogens with zero attached hydrogens (tertiary/aromatic N) is 2. The van der Waals surface area contributed by atoms with E-state index in [1.807, 2.05) is 47.0 Å². The van der Waals surface area contributed by atoms with Gasteiger partial charge in [-0.15, -0.1) is 0 Å². The molecule has 0 aliphatic carbocycles. The van der Waals surface area contributed by atoms with E-state index in [1.54, 1.807) is 7.11 Å². The topological polar surface area (TPSA) is 52.5 Å². The molecule has 4 nitrogen and oxygen atoms in total. The lowest BCUT2D eigenvalue weighted by molar-refractivity contribution is 0.415. The van der Waals surface area contributed by atoms with Gasteiger partial charge in [0.25, 0.3) is 0 Å². The van der Waals surface area contributed by atoms with Crippen LogP contribution in [-0.4, -0.2) is 16.5 Å². The van der Waals surface area contributed by atoms with Gasteiger partial charge in [0.15, 0.2) is 0 Å². The smallest absolute Gasteiger partial charge is 0.139 e. The standard InChI is InChI=1S/C15H14ClN3O/c1-20-12-4-2-3-10(7-12)15-13(9-17)19-6-5-11(16)8-14(19)18-15/h2-8H,9,17H2,1H3. The average Bonchev–Trinajstić information content (AvgIpc) is 2.84. The largest absolute Gasteiger partial charge is 0.497 e. The van der Waals surface area contributed by atoms with Crippen molar-refractivity contribution in [2.75, 3.05) is 7.11 Å². The third kappa shape index (κ3) is 2.13. The zero-order valence-corrected chi connectivity index (χ0v) is 11.8. The predicted molar refractivity (Wildman–Crippen MR) is 80.1 cm³/mol. The second-order valence-corrected chi connectivity index (χ2v) is 4.85.